The van der Waals surface area contributed by atoms with Crippen LogP contribution in [-0.4, -0.2) is 5.91 Å². The predicted molar refractivity (Wildman–Crippen MR) is 63.4 cm³/mol. The van der Waals surface area contributed by atoms with E-state index in [1.165, 1.54) is 0 Å². The van der Waals surface area contributed by atoms with Crippen LogP contribution in [0.15, 0.2) is 38.2 Å². The van der Waals surface area contributed by atoms with Crippen LogP contribution in [0.1, 0.15) is 22.1 Å². The number of rotatable bonds is 4. The van der Waals surface area contributed by atoms with Gasteiger partial charge in [0, 0.05) is 4.90 Å². The number of hydrazine groups is 1. The minimum Gasteiger partial charge on any atom is -0.468 e. The molecule has 0 spiro atoms. The first-order valence-corrected chi connectivity index (χ1v) is 5.96. The molecular formula is C11H12N2O3S. The van der Waals surface area contributed by atoms with E-state index in [-0.39, 0.29) is 5.76 Å². The van der Waals surface area contributed by atoms with E-state index in [0.717, 1.165) is 10.7 Å². The highest BCUT2D eigenvalue weighted by atomic mass is 32.2. The summed E-state index contributed by atoms with van der Waals surface area (Å²) in [7, 11) is 0. The molecule has 0 aromatic carbocycles. The Morgan fingerprint density at radius 2 is 2.29 bits per heavy atom. The summed E-state index contributed by atoms with van der Waals surface area (Å²) in [5.74, 6) is 7.02. The summed E-state index contributed by atoms with van der Waals surface area (Å²) in [5, 5.41) is 0. The van der Waals surface area contributed by atoms with Crippen LogP contribution in [0.2, 0.25) is 0 Å². The van der Waals surface area contributed by atoms with Crippen molar-refractivity contribution in [2.45, 2.75) is 17.6 Å². The zero-order chi connectivity index (χ0) is 12.3. The summed E-state index contributed by atoms with van der Waals surface area (Å²) in [6.07, 6.45) is 1.65. The van der Waals surface area contributed by atoms with Crippen molar-refractivity contribution in [3.8, 4) is 0 Å². The molecule has 5 nitrogen and oxygen atoms in total. The second-order valence-corrected chi connectivity index (χ2v) is 4.39. The maximum absolute atomic E-state index is 11.2. The Labute approximate surface area is 102 Å². The minimum absolute atomic E-state index is 0.215. The van der Waals surface area contributed by atoms with Crippen molar-refractivity contribution >= 4 is 17.7 Å². The molecule has 2 aromatic rings. The van der Waals surface area contributed by atoms with Crippen LogP contribution >= 0.6 is 11.8 Å². The maximum Gasteiger partial charge on any atom is 0.300 e. The van der Waals surface area contributed by atoms with Crippen molar-refractivity contribution in [3.63, 3.8) is 0 Å². The molecule has 0 aliphatic carbocycles. The van der Waals surface area contributed by atoms with Gasteiger partial charge in [-0.2, -0.15) is 0 Å². The van der Waals surface area contributed by atoms with Crippen LogP contribution in [0.25, 0.3) is 0 Å². The van der Waals surface area contributed by atoms with Crippen LogP contribution in [0.5, 0.6) is 0 Å². The molecule has 17 heavy (non-hydrogen) atoms. The Morgan fingerprint density at radius 1 is 1.47 bits per heavy atom. The summed E-state index contributed by atoms with van der Waals surface area (Å²) >= 11 is 1.59. The van der Waals surface area contributed by atoms with Gasteiger partial charge in [0.2, 0.25) is 0 Å². The quantitative estimate of drug-likeness (QED) is 0.377. The average molecular weight is 252 g/mol. The number of nitrogens with two attached hydrogens (primary N) is 1. The number of nitrogens with one attached hydrogen (secondary N) is 1. The van der Waals surface area contributed by atoms with E-state index in [1.54, 1.807) is 30.2 Å². The van der Waals surface area contributed by atoms with Crippen molar-refractivity contribution in [2.75, 3.05) is 0 Å². The van der Waals surface area contributed by atoms with Crippen LogP contribution in [0.3, 0.4) is 0 Å². The topological polar surface area (TPSA) is 81.4 Å². The first kappa shape index (κ1) is 11.8. The molecule has 0 fully saturated rings. The lowest BCUT2D eigenvalue weighted by Gasteiger charge is -1.97. The van der Waals surface area contributed by atoms with Crippen molar-refractivity contribution < 1.29 is 13.6 Å². The SMILES string of the molecule is Cc1occc1SCc1ccc(C(=O)NN)o1. The number of thioether (sulfide) groups is 1. The molecule has 2 aromatic heterocycles. The van der Waals surface area contributed by atoms with Crippen molar-refractivity contribution in [1.29, 1.82) is 0 Å². The fourth-order valence-electron chi connectivity index (χ4n) is 1.32. The van der Waals surface area contributed by atoms with Gasteiger partial charge in [0.15, 0.2) is 5.76 Å². The van der Waals surface area contributed by atoms with Gasteiger partial charge in [-0.05, 0) is 25.1 Å². The fraction of sp³-hybridized carbons (Fsp3) is 0.182. The molecule has 1 amide bonds. The summed E-state index contributed by atoms with van der Waals surface area (Å²) in [6.45, 7) is 1.90. The maximum atomic E-state index is 11.2. The highest BCUT2D eigenvalue weighted by molar-refractivity contribution is 7.98. The normalized spacial score (nSPS) is 10.5. The van der Waals surface area contributed by atoms with Crippen LogP contribution in [0.4, 0.5) is 0 Å². The molecule has 0 bridgehead atoms. The molecule has 0 unspecified atom stereocenters. The molecule has 0 saturated heterocycles. The van der Waals surface area contributed by atoms with E-state index in [9.17, 15) is 4.79 Å². The number of aryl methyl sites for hydroxylation is 1. The Kier molecular flexibility index (Phi) is 3.55. The van der Waals surface area contributed by atoms with Gasteiger partial charge in [-0.1, -0.05) is 0 Å². The number of amides is 1. The zero-order valence-corrected chi connectivity index (χ0v) is 10.0. The molecule has 6 heteroatoms. The molecule has 2 heterocycles. The van der Waals surface area contributed by atoms with Crippen molar-refractivity contribution in [3.05, 3.63) is 41.7 Å². The van der Waals surface area contributed by atoms with Gasteiger partial charge < -0.3 is 8.83 Å². The van der Waals surface area contributed by atoms with Crippen LogP contribution in [-0.2, 0) is 5.75 Å². The minimum atomic E-state index is -0.430. The first-order valence-electron chi connectivity index (χ1n) is 4.97. The number of hydrogen-bond acceptors (Lipinski definition) is 5. The molecule has 3 N–H and O–H groups in total. The molecule has 0 atom stereocenters. The third-order valence-corrected chi connectivity index (χ3v) is 3.36. The van der Waals surface area contributed by atoms with Gasteiger partial charge in [0.1, 0.15) is 11.5 Å². The number of hydrogen-bond donors (Lipinski definition) is 2. The van der Waals surface area contributed by atoms with E-state index in [1.807, 2.05) is 18.4 Å². The summed E-state index contributed by atoms with van der Waals surface area (Å²) in [5.41, 5.74) is 2.02. The molecular weight excluding hydrogens is 240 g/mol. The van der Waals surface area contributed by atoms with E-state index in [2.05, 4.69) is 0 Å². The third kappa shape index (κ3) is 2.72. The van der Waals surface area contributed by atoms with Gasteiger partial charge >= 0.3 is 5.91 Å². The molecule has 0 saturated carbocycles. The molecule has 0 aliphatic rings. The Bertz CT molecular complexity index is 518. The fourth-order valence-corrected chi connectivity index (χ4v) is 2.18. The number of carbonyl (C=O) groups excluding carboxylic acids is 1. The Morgan fingerprint density at radius 3 is 2.94 bits per heavy atom. The summed E-state index contributed by atoms with van der Waals surface area (Å²) in [6, 6.07) is 5.25. The lowest BCUT2D eigenvalue weighted by Crippen LogP contribution is -2.29. The monoisotopic (exact) mass is 252 g/mol. The predicted octanol–water partition coefficient (Wildman–Crippen LogP) is 2.08. The average Bonchev–Trinajstić information content (AvgIpc) is 2.94. The van der Waals surface area contributed by atoms with Gasteiger partial charge in [-0.3, -0.25) is 10.2 Å². The highest BCUT2D eigenvalue weighted by Crippen LogP contribution is 2.27. The van der Waals surface area contributed by atoms with E-state index < -0.39 is 5.91 Å². The standard InChI is InChI=1S/C11H12N2O3S/c1-7-10(4-5-15-7)17-6-8-2-3-9(16-8)11(14)13-12/h2-5H,6,12H2,1H3,(H,13,14). The van der Waals surface area contributed by atoms with Gasteiger partial charge in [0.05, 0.1) is 12.0 Å². The highest BCUT2D eigenvalue weighted by Gasteiger charge is 2.10. The molecule has 2 rings (SSSR count). The second kappa shape index (κ2) is 5.11. The number of carbonyl (C=O) groups is 1. The second-order valence-electron chi connectivity index (χ2n) is 3.37. The molecule has 0 radical (unpaired) electrons. The lowest BCUT2D eigenvalue weighted by molar-refractivity contribution is 0.0924. The Balaban J connectivity index is 1.98. The van der Waals surface area contributed by atoms with E-state index in [0.29, 0.717) is 11.5 Å². The zero-order valence-electron chi connectivity index (χ0n) is 9.23. The van der Waals surface area contributed by atoms with Gasteiger partial charge in [-0.25, -0.2) is 5.84 Å². The third-order valence-electron chi connectivity index (χ3n) is 2.20. The van der Waals surface area contributed by atoms with E-state index in [4.69, 9.17) is 14.7 Å². The lowest BCUT2D eigenvalue weighted by atomic mass is 10.4. The Hall–Kier alpha value is -1.66. The number of nitrogen functional groups attached to an aromatic ring is 1. The van der Waals surface area contributed by atoms with Gasteiger partial charge in [-0.15, -0.1) is 11.8 Å². The number of furan rings is 2. The smallest absolute Gasteiger partial charge is 0.300 e. The summed E-state index contributed by atoms with van der Waals surface area (Å²) < 4.78 is 10.5. The van der Waals surface area contributed by atoms with Gasteiger partial charge in [0.25, 0.3) is 0 Å². The molecule has 90 valence electrons. The van der Waals surface area contributed by atoms with Crippen molar-refractivity contribution in [1.82, 2.24) is 5.43 Å². The molecule has 0 aliphatic heterocycles. The summed E-state index contributed by atoms with van der Waals surface area (Å²) in [4.78, 5) is 12.2. The van der Waals surface area contributed by atoms with Crippen LogP contribution in [0, 0.1) is 6.92 Å². The van der Waals surface area contributed by atoms with Crippen molar-refractivity contribution in [2.24, 2.45) is 5.84 Å². The van der Waals surface area contributed by atoms with Crippen LogP contribution < -0.4 is 11.3 Å². The first-order chi connectivity index (χ1) is 8.20. The largest absolute Gasteiger partial charge is 0.468 e. The van der Waals surface area contributed by atoms with E-state index >= 15 is 0 Å².